The molecule has 0 unspecified atom stereocenters. The molecule has 1 saturated carbocycles. The number of H-pyrrole nitrogens is 1. The van der Waals surface area contributed by atoms with Gasteiger partial charge < -0.3 is 18.9 Å². The van der Waals surface area contributed by atoms with E-state index in [4.69, 9.17) is 9.47 Å². The second-order valence-electron chi connectivity index (χ2n) is 6.51. The number of hydrogen-bond acceptors (Lipinski definition) is 6. The summed E-state index contributed by atoms with van der Waals surface area (Å²) >= 11 is 0. The predicted octanol–water partition coefficient (Wildman–Crippen LogP) is 2.11. The fourth-order valence-electron chi connectivity index (χ4n) is 2.88. The van der Waals surface area contributed by atoms with Crippen LogP contribution in [-0.2, 0) is 15.9 Å². The van der Waals surface area contributed by atoms with E-state index < -0.39 is 5.97 Å². The van der Waals surface area contributed by atoms with E-state index in [0.717, 1.165) is 11.3 Å². The molecule has 1 aliphatic rings. The molecule has 136 valence electrons. The minimum atomic E-state index is -0.510. The van der Waals surface area contributed by atoms with Crippen LogP contribution in [0.4, 0.5) is 0 Å². The number of fused-ring (bicyclic) bond motifs is 1. The molecular formula is C18H21N5O3. The molecule has 0 saturated heterocycles. The number of rotatable bonds is 8. The molecule has 0 amide bonds. The van der Waals surface area contributed by atoms with E-state index in [-0.39, 0.29) is 5.82 Å². The Morgan fingerprint density at radius 2 is 2.15 bits per heavy atom. The van der Waals surface area contributed by atoms with Crippen molar-refractivity contribution in [2.24, 2.45) is 0 Å². The molecule has 4 rings (SSSR count). The first kappa shape index (κ1) is 16.7. The quantitative estimate of drug-likeness (QED) is 0.491. The third kappa shape index (κ3) is 3.75. The molecule has 0 spiro atoms. The molecule has 0 radical (unpaired) electrons. The van der Waals surface area contributed by atoms with Gasteiger partial charge in [-0.2, -0.15) is 0 Å². The van der Waals surface area contributed by atoms with E-state index >= 15 is 0 Å². The van der Waals surface area contributed by atoms with Gasteiger partial charge in [-0.15, -0.1) is 10.2 Å². The first-order valence-electron chi connectivity index (χ1n) is 8.78. The Morgan fingerprint density at radius 3 is 2.96 bits per heavy atom. The molecule has 0 aromatic carbocycles. The maximum absolute atomic E-state index is 11.9. The smallest absolute Gasteiger partial charge is 0.376 e. The van der Waals surface area contributed by atoms with Gasteiger partial charge in [0.05, 0.1) is 18.7 Å². The van der Waals surface area contributed by atoms with Crippen molar-refractivity contribution in [2.75, 3.05) is 20.3 Å². The minimum Gasteiger partial charge on any atom is -0.460 e. The summed E-state index contributed by atoms with van der Waals surface area (Å²) < 4.78 is 12.1. The van der Waals surface area contributed by atoms with Gasteiger partial charge in [0, 0.05) is 32.5 Å². The summed E-state index contributed by atoms with van der Waals surface area (Å²) in [7, 11) is 1.61. The van der Waals surface area contributed by atoms with Gasteiger partial charge in [-0.1, -0.05) is 6.07 Å². The van der Waals surface area contributed by atoms with Crippen LogP contribution in [0.5, 0.6) is 0 Å². The lowest BCUT2D eigenvalue weighted by atomic mass is 10.2. The summed E-state index contributed by atoms with van der Waals surface area (Å²) in [5.41, 5.74) is 3.13. The summed E-state index contributed by atoms with van der Waals surface area (Å²) in [5, 5.41) is 7.89. The minimum absolute atomic E-state index is 0.109. The van der Waals surface area contributed by atoms with Crippen molar-refractivity contribution in [3.05, 3.63) is 47.4 Å². The highest BCUT2D eigenvalue weighted by Gasteiger charge is 2.23. The van der Waals surface area contributed by atoms with Crippen LogP contribution in [0, 0.1) is 0 Å². The van der Waals surface area contributed by atoms with Crippen LogP contribution >= 0.6 is 0 Å². The number of imidazole rings is 1. The molecule has 8 heteroatoms. The van der Waals surface area contributed by atoms with Gasteiger partial charge in [-0.3, -0.25) is 0 Å². The van der Waals surface area contributed by atoms with Crippen LogP contribution in [0.1, 0.15) is 52.9 Å². The fourth-order valence-corrected chi connectivity index (χ4v) is 2.88. The van der Waals surface area contributed by atoms with Crippen LogP contribution in [0.15, 0.2) is 24.5 Å². The molecule has 0 atom stereocenters. The molecule has 1 aliphatic carbocycles. The maximum atomic E-state index is 11.9. The van der Waals surface area contributed by atoms with Gasteiger partial charge in [0.25, 0.3) is 0 Å². The van der Waals surface area contributed by atoms with Crippen molar-refractivity contribution < 1.29 is 14.3 Å². The van der Waals surface area contributed by atoms with Crippen molar-refractivity contribution in [1.82, 2.24) is 24.6 Å². The molecule has 3 aromatic rings. The van der Waals surface area contributed by atoms with Crippen molar-refractivity contribution in [2.45, 2.75) is 31.6 Å². The summed E-state index contributed by atoms with van der Waals surface area (Å²) in [4.78, 5) is 19.4. The molecule has 1 fully saturated rings. The molecule has 3 heterocycles. The molecular weight excluding hydrogens is 334 g/mol. The average Bonchev–Trinajstić information content (AvgIpc) is 3.26. The van der Waals surface area contributed by atoms with Crippen molar-refractivity contribution in [1.29, 1.82) is 0 Å². The number of methoxy groups -OCH3 is 1. The third-order valence-corrected chi connectivity index (χ3v) is 4.37. The third-order valence-electron chi connectivity index (χ3n) is 4.37. The van der Waals surface area contributed by atoms with Crippen LogP contribution < -0.4 is 0 Å². The van der Waals surface area contributed by atoms with E-state index in [0.29, 0.717) is 37.8 Å². The fraction of sp³-hybridized carbons (Fsp3) is 0.444. The summed E-state index contributed by atoms with van der Waals surface area (Å²) in [5.74, 6) is 0.887. The van der Waals surface area contributed by atoms with E-state index in [1.165, 1.54) is 18.4 Å². The standard InChI is InChI=1S/C18H21N5O3/c1-25-7-2-8-26-18(24)17-20-15(21-22-17)9-14-11-23-10-13(12-3-4-12)5-6-16(23)19-14/h5-6,10-12H,2-4,7-9H2,1H3,(H,20,21,22). The number of nitrogens with zero attached hydrogens (tertiary/aromatic N) is 4. The summed E-state index contributed by atoms with van der Waals surface area (Å²) in [6, 6.07) is 4.19. The zero-order valence-electron chi connectivity index (χ0n) is 14.6. The van der Waals surface area contributed by atoms with Gasteiger partial charge in [-0.25, -0.2) is 9.78 Å². The van der Waals surface area contributed by atoms with Gasteiger partial charge in [-0.05, 0) is 30.4 Å². The Morgan fingerprint density at radius 1 is 1.27 bits per heavy atom. The number of aromatic nitrogens is 5. The highest BCUT2D eigenvalue weighted by atomic mass is 16.5. The number of esters is 1. The number of pyridine rings is 1. The topological polar surface area (TPSA) is 94.4 Å². The van der Waals surface area contributed by atoms with Crippen LogP contribution in [0.25, 0.3) is 5.65 Å². The van der Waals surface area contributed by atoms with Crippen molar-refractivity contribution in [3.8, 4) is 0 Å². The average molecular weight is 355 g/mol. The van der Waals surface area contributed by atoms with Gasteiger partial charge >= 0.3 is 5.97 Å². The number of carbonyl (C=O) groups is 1. The van der Waals surface area contributed by atoms with Crippen LogP contribution in [0.2, 0.25) is 0 Å². The lowest BCUT2D eigenvalue weighted by molar-refractivity contribution is 0.0455. The largest absolute Gasteiger partial charge is 0.460 e. The molecule has 8 nitrogen and oxygen atoms in total. The van der Waals surface area contributed by atoms with Crippen molar-refractivity contribution >= 4 is 11.6 Å². The Bertz CT molecular complexity index is 913. The van der Waals surface area contributed by atoms with E-state index in [2.05, 4.69) is 32.4 Å². The summed E-state index contributed by atoms with van der Waals surface area (Å²) in [6.07, 6.45) is 7.81. The first-order valence-corrected chi connectivity index (χ1v) is 8.78. The number of carbonyl (C=O) groups excluding carboxylic acids is 1. The second-order valence-corrected chi connectivity index (χ2v) is 6.51. The number of ether oxygens (including phenoxy) is 2. The van der Waals surface area contributed by atoms with E-state index in [9.17, 15) is 4.79 Å². The zero-order valence-corrected chi connectivity index (χ0v) is 14.6. The van der Waals surface area contributed by atoms with Gasteiger partial charge in [0.1, 0.15) is 11.5 Å². The van der Waals surface area contributed by atoms with E-state index in [1.807, 2.05) is 16.7 Å². The number of hydrogen-bond donors (Lipinski definition) is 1. The predicted molar refractivity (Wildman–Crippen MR) is 93.1 cm³/mol. The maximum Gasteiger partial charge on any atom is 0.376 e. The summed E-state index contributed by atoms with van der Waals surface area (Å²) in [6.45, 7) is 0.837. The molecule has 26 heavy (non-hydrogen) atoms. The number of nitrogens with one attached hydrogen (secondary N) is 1. The highest BCUT2D eigenvalue weighted by molar-refractivity contribution is 5.84. The van der Waals surface area contributed by atoms with Crippen LogP contribution in [0.3, 0.4) is 0 Å². The second kappa shape index (κ2) is 7.25. The lowest BCUT2D eigenvalue weighted by Gasteiger charge is -2.01. The van der Waals surface area contributed by atoms with Gasteiger partial charge in [0.2, 0.25) is 5.82 Å². The Kier molecular flexibility index (Phi) is 4.66. The normalized spacial score (nSPS) is 14.0. The first-order chi connectivity index (χ1) is 12.7. The molecule has 0 aliphatic heterocycles. The highest BCUT2D eigenvalue weighted by Crippen LogP contribution is 2.39. The lowest BCUT2D eigenvalue weighted by Crippen LogP contribution is -2.09. The SMILES string of the molecule is COCCCOC(=O)c1nnc(Cc2cn3cc(C4CC4)ccc3n2)[nH]1. The van der Waals surface area contributed by atoms with Crippen molar-refractivity contribution in [3.63, 3.8) is 0 Å². The molecule has 3 aromatic heterocycles. The Balaban J connectivity index is 1.40. The monoisotopic (exact) mass is 355 g/mol. The number of aromatic amines is 1. The molecule has 0 bridgehead atoms. The van der Waals surface area contributed by atoms with E-state index in [1.54, 1.807) is 7.11 Å². The molecule has 1 N–H and O–H groups in total. The Hall–Kier alpha value is -2.74. The Labute approximate surface area is 150 Å². The van der Waals surface area contributed by atoms with Gasteiger partial charge in [0.15, 0.2) is 0 Å². The van der Waals surface area contributed by atoms with Crippen LogP contribution in [-0.4, -0.2) is 50.9 Å². The zero-order chi connectivity index (χ0) is 17.9.